The lowest BCUT2D eigenvalue weighted by Crippen LogP contribution is -1.97. The van der Waals surface area contributed by atoms with Gasteiger partial charge in [0.15, 0.2) is 4.77 Å². The second kappa shape index (κ2) is 4.35. The Morgan fingerprint density at radius 2 is 1.79 bits per heavy atom. The van der Waals surface area contributed by atoms with Gasteiger partial charge in [-0.05, 0) is 61.8 Å². The van der Waals surface area contributed by atoms with Gasteiger partial charge in [0.2, 0.25) is 0 Å². The van der Waals surface area contributed by atoms with Crippen LogP contribution < -0.4 is 0 Å². The zero-order valence-corrected chi connectivity index (χ0v) is 12.1. The van der Waals surface area contributed by atoms with Crippen molar-refractivity contribution in [2.24, 2.45) is 0 Å². The molecule has 0 unspecified atom stereocenters. The molecule has 0 aliphatic heterocycles. The number of benzene rings is 2. The number of aromatic amines is 1. The van der Waals surface area contributed by atoms with Crippen molar-refractivity contribution in [3.05, 3.63) is 57.9 Å². The maximum absolute atomic E-state index is 5.50. The van der Waals surface area contributed by atoms with Gasteiger partial charge in [-0.25, -0.2) is 0 Å². The predicted octanol–water partition coefficient (Wildman–Crippen LogP) is 4.61. The van der Waals surface area contributed by atoms with E-state index in [1.165, 1.54) is 16.7 Å². The summed E-state index contributed by atoms with van der Waals surface area (Å²) in [5, 5.41) is 0. The molecule has 0 aliphatic rings. The fraction of sp³-hybridized carbons (Fsp3) is 0.188. The monoisotopic (exact) mass is 268 g/mol. The highest BCUT2D eigenvalue weighted by atomic mass is 32.1. The SMILES string of the molecule is Cc1ccc(C)c(-n2c(=S)[nH]c3c(C)cccc32)c1. The summed E-state index contributed by atoms with van der Waals surface area (Å²) < 4.78 is 2.87. The van der Waals surface area contributed by atoms with E-state index < -0.39 is 0 Å². The molecular formula is C16H16N2S. The van der Waals surface area contributed by atoms with Gasteiger partial charge < -0.3 is 4.98 Å². The number of nitrogens with zero attached hydrogens (tertiary/aromatic N) is 1. The third-order valence-corrected chi connectivity index (χ3v) is 3.82. The summed E-state index contributed by atoms with van der Waals surface area (Å²) in [7, 11) is 0. The average molecular weight is 268 g/mol. The van der Waals surface area contributed by atoms with Crippen LogP contribution in [0, 0.1) is 25.5 Å². The van der Waals surface area contributed by atoms with E-state index in [2.05, 4.69) is 66.7 Å². The van der Waals surface area contributed by atoms with E-state index >= 15 is 0 Å². The van der Waals surface area contributed by atoms with Gasteiger partial charge in [0, 0.05) is 0 Å². The lowest BCUT2D eigenvalue weighted by Gasteiger charge is -2.09. The number of para-hydroxylation sites is 1. The summed E-state index contributed by atoms with van der Waals surface area (Å²) in [4.78, 5) is 3.32. The summed E-state index contributed by atoms with van der Waals surface area (Å²) in [5.74, 6) is 0. The first kappa shape index (κ1) is 12.2. The third-order valence-electron chi connectivity index (χ3n) is 3.53. The van der Waals surface area contributed by atoms with Crippen molar-refractivity contribution < 1.29 is 0 Å². The maximum Gasteiger partial charge on any atom is 0.182 e. The molecule has 1 aromatic heterocycles. The molecular weight excluding hydrogens is 252 g/mol. The normalized spacial score (nSPS) is 11.1. The van der Waals surface area contributed by atoms with Gasteiger partial charge in [-0.2, -0.15) is 0 Å². The number of imidazole rings is 1. The van der Waals surface area contributed by atoms with E-state index in [-0.39, 0.29) is 0 Å². The first-order valence-electron chi connectivity index (χ1n) is 6.36. The third kappa shape index (κ3) is 1.90. The molecule has 3 rings (SSSR count). The molecule has 1 N–H and O–H groups in total. The highest BCUT2D eigenvalue weighted by Gasteiger charge is 2.09. The minimum absolute atomic E-state index is 0.748. The molecule has 2 aromatic carbocycles. The standard InChI is InChI=1S/C16H16N2S/c1-10-7-8-11(2)14(9-10)18-13-6-4-5-12(3)15(13)17-16(18)19/h4-9H,1-3H3,(H,17,19). The molecule has 0 aliphatic carbocycles. The van der Waals surface area contributed by atoms with Crippen molar-refractivity contribution >= 4 is 23.3 Å². The molecule has 0 spiro atoms. The van der Waals surface area contributed by atoms with Gasteiger partial charge in [-0.1, -0.05) is 24.3 Å². The zero-order chi connectivity index (χ0) is 13.6. The number of aryl methyl sites for hydroxylation is 3. The van der Waals surface area contributed by atoms with Crippen molar-refractivity contribution in [1.82, 2.24) is 9.55 Å². The minimum Gasteiger partial charge on any atom is -0.330 e. The van der Waals surface area contributed by atoms with E-state index in [0.29, 0.717) is 0 Å². The number of rotatable bonds is 1. The second-order valence-electron chi connectivity index (χ2n) is 5.02. The molecule has 0 saturated heterocycles. The molecule has 96 valence electrons. The Morgan fingerprint density at radius 1 is 1.00 bits per heavy atom. The Morgan fingerprint density at radius 3 is 2.58 bits per heavy atom. The van der Waals surface area contributed by atoms with Crippen LogP contribution in [0.4, 0.5) is 0 Å². The predicted molar refractivity (Wildman–Crippen MR) is 82.7 cm³/mol. The Hall–Kier alpha value is -1.87. The summed E-state index contributed by atoms with van der Waals surface area (Å²) in [6.45, 7) is 6.32. The van der Waals surface area contributed by atoms with Crippen LogP contribution in [0.25, 0.3) is 16.7 Å². The van der Waals surface area contributed by atoms with Gasteiger partial charge in [0.1, 0.15) is 0 Å². The first-order chi connectivity index (χ1) is 9.08. The Labute approximate surface area is 117 Å². The molecule has 3 aromatic rings. The number of hydrogen-bond donors (Lipinski definition) is 1. The molecule has 0 amide bonds. The number of fused-ring (bicyclic) bond motifs is 1. The van der Waals surface area contributed by atoms with E-state index in [1.807, 2.05) is 0 Å². The number of hydrogen-bond acceptors (Lipinski definition) is 1. The fourth-order valence-electron chi connectivity index (χ4n) is 2.47. The Bertz CT molecular complexity index is 824. The van der Waals surface area contributed by atoms with Crippen LogP contribution in [0.3, 0.4) is 0 Å². The molecule has 1 heterocycles. The highest BCUT2D eigenvalue weighted by Crippen LogP contribution is 2.24. The second-order valence-corrected chi connectivity index (χ2v) is 5.41. The maximum atomic E-state index is 5.50. The average Bonchev–Trinajstić information content (AvgIpc) is 2.70. The van der Waals surface area contributed by atoms with Crippen LogP contribution in [0.1, 0.15) is 16.7 Å². The zero-order valence-electron chi connectivity index (χ0n) is 11.3. The number of H-pyrrole nitrogens is 1. The van der Waals surface area contributed by atoms with Crippen LogP contribution in [-0.2, 0) is 0 Å². The Balaban J connectivity index is 2.43. The molecule has 0 bridgehead atoms. The summed E-state index contributed by atoms with van der Waals surface area (Å²) >= 11 is 5.50. The van der Waals surface area contributed by atoms with Gasteiger partial charge in [0.05, 0.1) is 16.7 Å². The topological polar surface area (TPSA) is 20.7 Å². The highest BCUT2D eigenvalue weighted by molar-refractivity contribution is 7.71. The Kier molecular flexibility index (Phi) is 2.79. The van der Waals surface area contributed by atoms with E-state index in [0.717, 1.165) is 21.5 Å². The van der Waals surface area contributed by atoms with Crippen LogP contribution in [0.15, 0.2) is 36.4 Å². The van der Waals surface area contributed by atoms with Crippen LogP contribution in [0.5, 0.6) is 0 Å². The largest absolute Gasteiger partial charge is 0.330 e. The molecule has 0 radical (unpaired) electrons. The molecule has 0 saturated carbocycles. The van der Waals surface area contributed by atoms with E-state index in [9.17, 15) is 0 Å². The van der Waals surface area contributed by atoms with Crippen LogP contribution in [0.2, 0.25) is 0 Å². The van der Waals surface area contributed by atoms with Crippen molar-refractivity contribution in [3.63, 3.8) is 0 Å². The van der Waals surface area contributed by atoms with Crippen molar-refractivity contribution in [2.75, 3.05) is 0 Å². The quantitative estimate of drug-likeness (QED) is 0.639. The number of aromatic nitrogens is 2. The van der Waals surface area contributed by atoms with Gasteiger partial charge in [0.25, 0.3) is 0 Å². The smallest absolute Gasteiger partial charge is 0.182 e. The lowest BCUT2D eigenvalue weighted by atomic mass is 10.1. The summed E-state index contributed by atoms with van der Waals surface area (Å²) in [6, 6.07) is 12.7. The summed E-state index contributed by atoms with van der Waals surface area (Å²) in [6.07, 6.45) is 0. The van der Waals surface area contributed by atoms with Crippen molar-refractivity contribution in [2.45, 2.75) is 20.8 Å². The van der Waals surface area contributed by atoms with Crippen molar-refractivity contribution in [1.29, 1.82) is 0 Å². The van der Waals surface area contributed by atoms with Gasteiger partial charge in [-0.15, -0.1) is 0 Å². The fourth-order valence-corrected chi connectivity index (χ4v) is 2.77. The summed E-state index contributed by atoms with van der Waals surface area (Å²) in [5.41, 5.74) is 7.09. The van der Waals surface area contributed by atoms with Crippen molar-refractivity contribution in [3.8, 4) is 5.69 Å². The van der Waals surface area contributed by atoms with Crippen LogP contribution >= 0.6 is 12.2 Å². The molecule has 3 heteroatoms. The first-order valence-corrected chi connectivity index (χ1v) is 6.77. The van der Waals surface area contributed by atoms with Gasteiger partial charge in [-0.3, -0.25) is 4.57 Å². The lowest BCUT2D eigenvalue weighted by molar-refractivity contribution is 1.04. The van der Waals surface area contributed by atoms with E-state index in [4.69, 9.17) is 12.2 Å². The minimum atomic E-state index is 0.748. The van der Waals surface area contributed by atoms with E-state index in [1.54, 1.807) is 0 Å². The molecule has 2 nitrogen and oxygen atoms in total. The molecule has 19 heavy (non-hydrogen) atoms. The van der Waals surface area contributed by atoms with Gasteiger partial charge >= 0.3 is 0 Å². The number of nitrogens with one attached hydrogen (secondary N) is 1. The van der Waals surface area contributed by atoms with Crippen LogP contribution in [-0.4, -0.2) is 9.55 Å². The molecule has 0 atom stereocenters. The molecule has 0 fully saturated rings.